The molecule has 27 heavy (non-hydrogen) atoms. The van der Waals surface area contributed by atoms with Crippen LogP contribution < -0.4 is 5.32 Å². The number of carbonyl (C=O) groups excluding carboxylic acids is 2. The number of hydrogen-bond donors (Lipinski definition) is 1. The van der Waals surface area contributed by atoms with Crippen molar-refractivity contribution in [3.05, 3.63) is 51.5 Å². The van der Waals surface area contributed by atoms with Crippen LogP contribution in [0.2, 0.25) is 5.02 Å². The summed E-state index contributed by atoms with van der Waals surface area (Å²) in [5.41, 5.74) is 1.92. The predicted octanol–water partition coefficient (Wildman–Crippen LogP) is 3.54. The molecule has 4 rings (SSSR count). The average molecular weight is 404 g/mol. The number of benzene rings is 1. The highest BCUT2D eigenvalue weighted by molar-refractivity contribution is 7.20. The highest BCUT2D eigenvalue weighted by atomic mass is 35.5. The van der Waals surface area contributed by atoms with E-state index in [1.165, 1.54) is 11.3 Å². The van der Waals surface area contributed by atoms with E-state index in [1.54, 1.807) is 6.07 Å². The van der Waals surface area contributed by atoms with Gasteiger partial charge in [0.05, 0.1) is 12.2 Å². The number of carbonyl (C=O) groups is 2. The smallest absolute Gasteiger partial charge is 0.348 e. The lowest BCUT2D eigenvalue weighted by molar-refractivity contribution is -0.124. The maximum Gasteiger partial charge on any atom is 0.348 e. The summed E-state index contributed by atoms with van der Waals surface area (Å²) >= 11 is 7.26. The van der Waals surface area contributed by atoms with Crippen LogP contribution in [0.1, 0.15) is 33.8 Å². The molecule has 0 spiro atoms. The minimum Gasteiger partial charge on any atom is -0.451 e. The van der Waals surface area contributed by atoms with Crippen LogP contribution in [0.5, 0.6) is 0 Å². The van der Waals surface area contributed by atoms with Gasteiger partial charge in [0.2, 0.25) is 0 Å². The number of aryl methyl sites for hydroxylation is 1. The van der Waals surface area contributed by atoms with Crippen LogP contribution in [-0.2, 0) is 16.1 Å². The monoisotopic (exact) mass is 403 g/mol. The van der Waals surface area contributed by atoms with Gasteiger partial charge in [0.1, 0.15) is 9.71 Å². The number of esters is 1. The number of nitrogens with one attached hydrogen (secondary N) is 1. The molecule has 0 unspecified atom stereocenters. The second-order valence-corrected chi connectivity index (χ2v) is 8.08. The standard InChI is InChI=1S/C19H18ClN3O3S/c1-11-15-8-16(19(25)26-10-17(24)21-14-6-7-14)27-18(15)23(22-11)9-12-2-4-13(20)5-3-12/h2-5,8,14H,6-7,9-10H2,1H3,(H,21,24). The molecule has 6 nitrogen and oxygen atoms in total. The summed E-state index contributed by atoms with van der Waals surface area (Å²) in [5.74, 6) is -0.739. The van der Waals surface area contributed by atoms with Crippen molar-refractivity contribution in [2.24, 2.45) is 0 Å². The molecule has 1 fully saturated rings. The van der Waals surface area contributed by atoms with Gasteiger partial charge in [0.15, 0.2) is 6.61 Å². The van der Waals surface area contributed by atoms with Crippen molar-refractivity contribution in [1.29, 1.82) is 0 Å². The Hall–Kier alpha value is -2.38. The number of hydrogen-bond acceptors (Lipinski definition) is 5. The number of fused-ring (bicyclic) bond motifs is 1. The van der Waals surface area contributed by atoms with Crippen molar-refractivity contribution in [2.45, 2.75) is 32.4 Å². The first-order chi connectivity index (χ1) is 13.0. The largest absolute Gasteiger partial charge is 0.451 e. The van der Waals surface area contributed by atoms with E-state index in [9.17, 15) is 9.59 Å². The molecule has 0 radical (unpaired) electrons. The van der Waals surface area contributed by atoms with Crippen LogP contribution in [0.3, 0.4) is 0 Å². The lowest BCUT2D eigenvalue weighted by atomic mass is 10.2. The first-order valence-corrected chi connectivity index (χ1v) is 9.87. The molecular formula is C19H18ClN3O3S. The molecule has 0 atom stereocenters. The molecule has 1 saturated carbocycles. The average Bonchev–Trinajstić information content (AvgIpc) is 3.25. The number of amides is 1. The summed E-state index contributed by atoms with van der Waals surface area (Å²) < 4.78 is 7.01. The molecular weight excluding hydrogens is 386 g/mol. The lowest BCUT2D eigenvalue weighted by Crippen LogP contribution is -2.30. The Morgan fingerprint density at radius 2 is 2.07 bits per heavy atom. The van der Waals surface area contributed by atoms with Gasteiger partial charge in [-0.15, -0.1) is 11.3 Å². The van der Waals surface area contributed by atoms with E-state index >= 15 is 0 Å². The van der Waals surface area contributed by atoms with E-state index in [0.29, 0.717) is 16.4 Å². The maximum atomic E-state index is 12.3. The van der Waals surface area contributed by atoms with Gasteiger partial charge in [-0.3, -0.25) is 9.48 Å². The number of aromatic nitrogens is 2. The highest BCUT2D eigenvalue weighted by Gasteiger charge is 2.24. The molecule has 0 aliphatic heterocycles. The minimum absolute atomic E-state index is 0.251. The number of ether oxygens (including phenoxy) is 1. The summed E-state index contributed by atoms with van der Waals surface area (Å²) in [7, 11) is 0. The van der Waals surface area contributed by atoms with E-state index in [-0.39, 0.29) is 18.6 Å². The molecule has 8 heteroatoms. The van der Waals surface area contributed by atoms with E-state index < -0.39 is 5.97 Å². The van der Waals surface area contributed by atoms with E-state index in [2.05, 4.69) is 10.4 Å². The summed E-state index contributed by atoms with van der Waals surface area (Å²) in [6, 6.07) is 9.62. The maximum absolute atomic E-state index is 12.3. The molecule has 1 aromatic carbocycles. The fourth-order valence-electron chi connectivity index (χ4n) is 2.78. The Morgan fingerprint density at radius 3 is 2.78 bits per heavy atom. The number of halogens is 1. The first-order valence-electron chi connectivity index (χ1n) is 8.67. The molecule has 1 N–H and O–H groups in total. The molecule has 3 aromatic rings. The Kier molecular flexibility index (Phi) is 4.88. The number of thiophene rings is 1. The summed E-state index contributed by atoms with van der Waals surface area (Å²) in [5, 5.41) is 8.96. The van der Waals surface area contributed by atoms with Crippen molar-refractivity contribution < 1.29 is 14.3 Å². The SMILES string of the molecule is Cc1nn(Cc2ccc(Cl)cc2)c2sc(C(=O)OCC(=O)NC3CC3)cc12. The van der Waals surface area contributed by atoms with Crippen molar-refractivity contribution in [3.63, 3.8) is 0 Å². The molecule has 2 aromatic heterocycles. The third kappa shape index (κ3) is 4.14. The minimum atomic E-state index is -0.486. The van der Waals surface area contributed by atoms with Crippen LogP contribution in [-0.4, -0.2) is 34.3 Å². The first kappa shape index (κ1) is 18.0. The summed E-state index contributed by atoms with van der Waals surface area (Å²) in [6.45, 7) is 2.24. The van der Waals surface area contributed by atoms with Gasteiger partial charge in [-0.05, 0) is 43.5 Å². The van der Waals surface area contributed by atoms with Gasteiger partial charge < -0.3 is 10.1 Å². The van der Waals surface area contributed by atoms with Gasteiger partial charge in [-0.25, -0.2) is 4.79 Å². The van der Waals surface area contributed by atoms with Crippen molar-refractivity contribution in [1.82, 2.24) is 15.1 Å². The lowest BCUT2D eigenvalue weighted by Gasteiger charge is -2.04. The second-order valence-electron chi connectivity index (χ2n) is 6.62. The topological polar surface area (TPSA) is 73.2 Å². The van der Waals surface area contributed by atoms with Gasteiger partial charge in [0.25, 0.3) is 5.91 Å². The third-order valence-corrected chi connectivity index (χ3v) is 5.71. The molecule has 0 bridgehead atoms. The zero-order chi connectivity index (χ0) is 19.0. The van der Waals surface area contributed by atoms with Crippen molar-refractivity contribution >= 4 is 45.0 Å². The number of rotatable bonds is 6. The summed E-state index contributed by atoms with van der Waals surface area (Å²) in [4.78, 5) is 25.3. The molecule has 0 saturated heterocycles. The zero-order valence-corrected chi connectivity index (χ0v) is 16.3. The van der Waals surface area contributed by atoms with Crippen molar-refractivity contribution in [2.75, 3.05) is 6.61 Å². The van der Waals surface area contributed by atoms with Gasteiger partial charge in [-0.2, -0.15) is 5.10 Å². The van der Waals surface area contributed by atoms with E-state index in [4.69, 9.17) is 16.3 Å². The van der Waals surface area contributed by atoms with Gasteiger partial charge in [-0.1, -0.05) is 23.7 Å². The predicted molar refractivity (Wildman–Crippen MR) is 104 cm³/mol. The Bertz CT molecular complexity index is 1010. The molecule has 1 aliphatic carbocycles. The van der Waals surface area contributed by atoms with Crippen LogP contribution in [0.15, 0.2) is 30.3 Å². The van der Waals surface area contributed by atoms with Crippen LogP contribution >= 0.6 is 22.9 Å². The van der Waals surface area contributed by atoms with Crippen LogP contribution in [0.4, 0.5) is 0 Å². The third-order valence-electron chi connectivity index (χ3n) is 4.33. The van der Waals surface area contributed by atoms with E-state index in [1.807, 2.05) is 35.9 Å². The summed E-state index contributed by atoms with van der Waals surface area (Å²) in [6.07, 6.45) is 2.00. The zero-order valence-electron chi connectivity index (χ0n) is 14.7. The quantitative estimate of drug-likeness (QED) is 0.639. The highest BCUT2D eigenvalue weighted by Crippen LogP contribution is 2.29. The van der Waals surface area contributed by atoms with Gasteiger partial charge in [0, 0.05) is 16.5 Å². The Balaban J connectivity index is 1.48. The second kappa shape index (κ2) is 7.32. The molecule has 2 heterocycles. The Labute approximate surface area is 165 Å². The fraction of sp³-hybridized carbons (Fsp3) is 0.316. The number of nitrogens with zero attached hydrogens (tertiary/aromatic N) is 2. The van der Waals surface area contributed by atoms with E-state index in [0.717, 1.165) is 34.3 Å². The fourth-order valence-corrected chi connectivity index (χ4v) is 3.96. The van der Waals surface area contributed by atoms with Crippen LogP contribution in [0, 0.1) is 6.92 Å². The Morgan fingerprint density at radius 1 is 1.33 bits per heavy atom. The molecule has 1 amide bonds. The van der Waals surface area contributed by atoms with Crippen LogP contribution in [0.25, 0.3) is 10.2 Å². The van der Waals surface area contributed by atoms with Gasteiger partial charge >= 0.3 is 5.97 Å². The molecule has 140 valence electrons. The van der Waals surface area contributed by atoms with Crippen molar-refractivity contribution in [3.8, 4) is 0 Å². The normalized spacial score (nSPS) is 13.7. The molecule has 1 aliphatic rings.